The number of carbonyl (C=O) groups is 1. The lowest BCUT2D eigenvalue weighted by molar-refractivity contribution is -0.143. The predicted molar refractivity (Wildman–Crippen MR) is 157 cm³/mol. The van der Waals surface area contributed by atoms with Crippen LogP contribution in [0.3, 0.4) is 0 Å². The third-order valence-corrected chi connectivity index (χ3v) is 7.14. The lowest BCUT2D eigenvalue weighted by Gasteiger charge is -2.28. The van der Waals surface area contributed by atoms with Crippen LogP contribution in [0.2, 0.25) is 0 Å². The average Bonchev–Trinajstić information content (AvgIpc) is 3.04. The molecule has 3 N–H and O–H groups in total. The van der Waals surface area contributed by atoms with E-state index in [-0.39, 0.29) is 22.9 Å². The van der Waals surface area contributed by atoms with Crippen molar-refractivity contribution in [2.45, 2.75) is 18.9 Å². The van der Waals surface area contributed by atoms with E-state index in [1.165, 1.54) is 20.4 Å². The number of anilines is 1. The Labute approximate surface area is 257 Å². The second-order valence-electron chi connectivity index (χ2n) is 10.4. The molecule has 45 heavy (non-hydrogen) atoms. The van der Waals surface area contributed by atoms with Crippen LogP contribution in [0.1, 0.15) is 27.0 Å². The molecule has 244 valence electrons. The predicted octanol–water partition coefficient (Wildman–Crippen LogP) is 4.05. The van der Waals surface area contributed by atoms with Gasteiger partial charge < -0.3 is 30.5 Å². The summed E-state index contributed by atoms with van der Waals surface area (Å²) in [6.07, 6.45) is -8.68. The lowest BCUT2D eigenvalue weighted by Crippen LogP contribution is -2.44. The second kappa shape index (κ2) is 14.9. The molecule has 0 radical (unpaired) electrons. The minimum atomic E-state index is -5.00. The van der Waals surface area contributed by atoms with Crippen LogP contribution in [-0.2, 0) is 18.9 Å². The molecule has 1 amide bonds. The Bertz CT molecular complexity index is 1400. The Morgan fingerprint density at radius 1 is 0.889 bits per heavy atom. The van der Waals surface area contributed by atoms with Gasteiger partial charge in [-0.05, 0) is 35.9 Å². The monoisotopic (exact) mass is 639 g/mol. The molecule has 3 heterocycles. The number of nitrogens with one attached hydrogen (secondary N) is 3. The van der Waals surface area contributed by atoms with E-state index in [4.69, 9.17) is 4.74 Å². The number of piperazine rings is 2. The summed E-state index contributed by atoms with van der Waals surface area (Å²) < 4.78 is 85.3. The van der Waals surface area contributed by atoms with Crippen LogP contribution in [-0.4, -0.2) is 87.3 Å². The number of benzene rings is 2. The normalized spacial score (nSPS) is 15.6. The molecule has 2 fully saturated rings. The minimum absolute atomic E-state index is 0.0175. The number of para-hydroxylation sites is 1. The molecule has 3 aromatic rings. The highest BCUT2D eigenvalue weighted by Crippen LogP contribution is 2.37. The summed E-state index contributed by atoms with van der Waals surface area (Å²) in [4.78, 5) is 25.5. The van der Waals surface area contributed by atoms with E-state index < -0.39 is 35.9 Å². The van der Waals surface area contributed by atoms with E-state index in [9.17, 15) is 31.1 Å². The first-order valence-corrected chi connectivity index (χ1v) is 14.3. The first kappa shape index (κ1) is 33.9. The molecule has 2 aliphatic heterocycles. The molecule has 2 aromatic carbocycles. The van der Waals surface area contributed by atoms with Crippen LogP contribution in [0.25, 0.3) is 11.3 Å². The van der Waals surface area contributed by atoms with Crippen molar-refractivity contribution in [1.82, 2.24) is 30.8 Å². The highest BCUT2D eigenvalue weighted by molar-refractivity contribution is 6.00. The Hall–Kier alpha value is -3.95. The van der Waals surface area contributed by atoms with E-state index in [0.717, 1.165) is 31.1 Å². The maximum atomic E-state index is 13.5. The number of ether oxygens (including phenoxy) is 1. The van der Waals surface area contributed by atoms with Crippen molar-refractivity contribution < 1.29 is 35.9 Å². The van der Waals surface area contributed by atoms with Gasteiger partial charge in [-0.1, -0.05) is 12.1 Å². The molecule has 0 bridgehead atoms. The molecule has 9 nitrogen and oxygen atoms in total. The fourth-order valence-corrected chi connectivity index (χ4v) is 4.86. The number of amides is 1. The van der Waals surface area contributed by atoms with Crippen LogP contribution in [0.4, 0.5) is 32.3 Å². The van der Waals surface area contributed by atoms with E-state index in [1.54, 1.807) is 24.3 Å². The van der Waals surface area contributed by atoms with Crippen molar-refractivity contribution in [1.29, 1.82) is 0 Å². The molecule has 0 saturated carbocycles. The first-order chi connectivity index (χ1) is 21.4. The van der Waals surface area contributed by atoms with Crippen molar-refractivity contribution in [2.24, 2.45) is 0 Å². The van der Waals surface area contributed by atoms with Gasteiger partial charge in [-0.3, -0.25) is 4.79 Å². The molecule has 0 unspecified atom stereocenters. The zero-order valence-corrected chi connectivity index (χ0v) is 24.9. The van der Waals surface area contributed by atoms with Crippen molar-refractivity contribution in [3.63, 3.8) is 0 Å². The largest absolute Gasteiger partial charge is 0.496 e. The molecule has 1 aromatic heterocycles. The van der Waals surface area contributed by atoms with Crippen LogP contribution in [0.15, 0.2) is 48.7 Å². The molecule has 5 rings (SSSR count). The summed E-state index contributed by atoms with van der Waals surface area (Å²) in [5.74, 6) is 0.116. The van der Waals surface area contributed by atoms with Crippen LogP contribution >= 0.6 is 0 Å². The van der Waals surface area contributed by atoms with E-state index in [2.05, 4.69) is 25.9 Å². The fraction of sp³-hybridized carbons (Fsp3) is 0.433. The number of alkyl halides is 6. The van der Waals surface area contributed by atoms with E-state index >= 15 is 0 Å². The van der Waals surface area contributed by atoms with Gasteiger partial charge in [-0.15, -0.1) is 0 Å². The maximum absolute atomic E-state index is 13.5. The zero-order chi connectivity index (χ0) is 32.6. The Morgan fingerprint density at radius 2 is 1.44 bits per heavy atom. The van der Waals surface area contributed by atoms with Crippen LogP contribution in [0.5, 0.6) is 5.75 Å². The minimum Gasteiger partial charge on any atom is -0.496 e. The van der Waals surface area contributed by atoms with Gasteiger partial charge in [0, 0.05) is 77.7 Å². The number of hydrogen-bond acceptors (Lipinski definition) is 8. The maximum Gasteiger partial charge on any atom is 0.416 e. The molecule has 2 saturated heterocycles. The van der Waals surface area contributed by atoms with E-state index in [0.29, 0.717) is 55.6 Å². The molecular weight excluding hydrogens is 604 g/mol. The smallest absolute Gasteiger partial charge is 0.416 e. The van der Waals surface area contributed by atoms with Crippen molar-refractivity contribution in [3.05, 3.63) is 70.9 Å². The first-order valence-electron chi connectivity index (χ1n) is 14.3. The average molecular weight is 640 g/mol. The second-order valence-corrected chi connectivity index (χ2v) is 10.4. The number of halogens is 6. The standard InChI is InChI=1S/C26H25F6N5O2.C4H10N2/c1-36(15-16-11-17(25(27,28)29)13-18(12-16)26(30,31)32)23(38)20-14-34-24(37-9-7-33-8-10-37)35-22(20)19-5-3-4-6-21(19)39-2;1-2-6-4-3-5-1/h3-6,11-14,33H,7-10,15H2,1-2H3;5-6H,1-4H2. The van der Waals surface area contributed by atoms with Gasteiger partial charge in [0.25, 0.3) is 5.91 Å². The summed E-state index contributed by atoms with van der Waals surface area (Å²) >= 11 is 0. The van der Waals surface area contributed by atoms with Crippen molar-refractivity contribution in [2.75, 3.05) is 71.4 Å². The molecule has 0 atom stereocenters. The third kappa shape index (κ3) is 9.05. The van der Waals surface area contributed by atoms with Gasteiger partial charge in [-0.2, -0.15) is 26.3 Å². The lowest BCUT2D eigenvalue weighted by atomic mass is 10.0. The number of rotatable bonds is 6. The number of aromatic nitrogens is 2. The molecule has 0 aliphatic carbocycles. The van der Waals surface area contributed by atoms with Crippen molar-refractivity contribution >= 4 is 11.9 Å². The number of methoxy groups -OCH3 is 1. The Morgan fingerprint density at radius 3 is 1.98 bits per heavy atom. The quantitative estimate of drug-likeness (QED) is 0.348. The summed E-state index contributed by atoms with van der Waals surface area (Å²) in [5.41, 5.74) is -2.51. The summed E-state index contributed by atoms with van der Waals surface area (Å²) in [5, 5.41) is 9.67. The number of hydrogen-bond donors (Lipinski definition) is 3. The van der Waals surface area contributed by atoms with Crippen LogP contribution in [0, 0.1) is 0 Å². The van der Waals surface area contributed by atoms with Gasteiger partial charge >= 0.3 is 12.4 Å². The van der Waals surface area contributed by atoms with Crippen molar-refractivity contribution in [3.8, 4) is 17.0 Å². The summed E-state index contributed by atoms with van der Waals surface area (Å²) in [6, 6.07) is 8.09. The summed E-state index contributed by atoms with van der Waals surface area (Å²) in [6.45, 7) is 6.74. The molecule has 15 heteroatoms. The molecular formula is C30H35F6N7O2. The Balaban J connectivity index is 0.000000687. The highest BCUT2D eigenvalue weighted by atomic mass is 19.4. The highest BCUT2D eigenvalue weighted by Gasteiger charge is 2.37. The van der Waals surface area contributed by atoms with Crippen LogP contribution < -0.4 is 25.6 Å². The zero-order valence-electron chi connectivity index (χ0n) is 24.9. The SMILES string of the molecule is C1CNCCN1.COc1ccccc1-c1nc(N2CCNCC2)ncc1C(=O)N(C)Cc1cc(C(F)(F)F)cc(C(F)(F)F)c1. The number of carbonyl (C=O) groups excluding carboxylic acids is 1. The topological polar surface area (TPSA) is 94.6 Å². The van der Waals surface area contributed by atoms with Gasteiger partial charge in [0.1, 0.15) is 5.75 Å². The molecule has 2 aliphatic rings. The van der Waals surface area contributed by atoms with Gasteiger partial charge in [0.15, 0.2) is 0 Å². The third-order valence-electron chi connectivity index (χ3n) is 7.14. The van der Waals surface area contributed by atoms with Gasteiger partial charge in [0.2, 0.25) is 5.95 Å². The fourth-order valence-electron chi connectivity index (χ4n) is 4.86. The Kier molecular flexibility index (Phi) is 11.2. The van der Waals surface area contributed by atoms with E-state index in [1.807, 2.05) is 4.90 Å². The van der Waals surface area contributed by atoms with Gasteiger partial charge in [0.05, 0.1) is 29.5 Å². The number of nitrogens with zero attached hydrogens (tertiary/aromatic N) is 4. The van der Waals surface area contributed by atoms with Gasteiger partial charge in [-0.25, -0.2) is 9.97 Å². The summed E-state index contributed by atoms with van der Waals surface area (Å²) in [7, 11) is 2.74. The molecule has 0 spiro atoms.